The first-order valence-corrected chi connectivity index (χ1v) is 10.7. The van der Waals surface area contributed by atoms with Gasteiger partial charge in [-0.25, -0.2) is 5.01 Å². The van der Waals surface area contributed by atoms with Crippen LogP contribution in [0.15, 0.2) is 96.1 Å². The molecule has 1 aliphatic heterocycles. The van der Waals surface area contributed by atoms with Crippen molar-refractivity contribution in [2.24, 2.45) is 5.10 Å². The average molecular weight is 415 g/mol. The fourth-order valence-electron chi connectivity index (χ4n) is 3.47. The molecule has 4 rings (SSSR count). The lowest BCUT2D eigenvalue weighted by molar-refractivity contribution is -0.133. The van der Waals surface area contributed by atoms with E-state index in [0.717, 1.165) is 16.2 Å². The van der Waals surface area contributed by atoms with Crippen LogP contribution in [0.2, 0.25) is 0 Å². The van der Waals surface area contributed by atoms with Gasteiger partial charge in [0.05, 0.1) is 6.42 Å². The number of ketones is 1. The number of carbonyl (C=O) groups excluding carboxylic acids is 2. The Kier molecular flexibility index (Phi) is 5.81. The molecule has 1 amide bonds. The van der Waals surface area contributed by atoms with Crippen LogP contribution >= 0.6 is 11.8 Å². The van der Waals surface area contributed by atoms with Gasteiger partial charge in [0.15, 0.2) is 5.78 Å². The predicted octanol–water partition coefficient (Wildman–Crippen LogP) is 5.16. The van der Waals surface area contributed by atoms with Gasteiger partial charge in [-0.05, 0) is 12.5 Å². The summed E-state index contributed by atoms with van der Waals surface area (Å²) in [5.74, 6) is -0.129. The minimum absolute atomic E-state index is 0.00683. The number of benzene rings is 3. The molecule has 1 heterocycles. The maximum absolute atomic E-state index is 13.2. The topological polar surface area (TPSA) is 49.7 Å². The molecule has 0 fully saturated rings. The Morgan fingerprint density at radius 1 is 0.867 bits per heavy atom. The first-order valence-electron chi connectivity index (χ1n) is 9.83. The van der Waals surface area contributed by atoms with E-state index in [4.69, 9.17) is 0 Å². The third-order valence-corrected chi connectivity index (χ3v) is 6.26. The molecule has 1 atom stereocenters. The molecule has 30 heavy (non-hydrogen) atoms. The lowest BCUT2D eigenvalue weighted by Crippen LogP contribution is -2.43. The number of Topliss-reactive ketones (excluding diaryl/α,β-unsaturated/α-hetero) is 1. The second-order valence-electron chi connectivity index (χ2n) is 7.38. The summed E-state index contributed by atoms with van der Waals surface area (Å²) >= 11 is 1.47. The van der Waals surface area contributed by atoms with Gasteiger partial charge >= 0.3 is 0 Å². The zero-order chi connectivity index (χ0) is 21.0. The largest absolute Gasteiger partial charge is 0.294 e. The quantitative estimate of drug-likeness (QED) is 0.524. The van der Waals surface area contributed by atoms with Gasteiger partial charge in [-0.15, -0.1) is 0 Å². The molecule has 4 nitrogen and oxygen atoms in total. The highest BCUT2D eigenvalue weighted by Gasteiger charge is 2.44. The van der Waals surface area contributed by atoms with Crippen LogP contribution in [0.4, 0.5) is 0 Å². The summed E-state index contributed by atoms with van der Waals surface area (Å²) in [6, 6.07) is 28.6. The Labute approximate surface area is 180 Å². The molecule has 0 radical (unpaired) electrons. The second-order valence-corrected chi connectivity index (χ2v) is 8.85. The monoisotopic (exact) mass is 414 g/mol. The van der Waals surface area contributed by atoms with Crippen molar-refractivity contribution in [3.05, 3.63) is 108 Å². The van der Waals surface area contributed by atoms with E-state index in [9.17, 15) is 9.59 Å². The Morgan fingerprint density at radius 3 is 2.07 bits per heavy atom. The van der Waals surface area contributed by atoms with Gasteiger partial charge < -0.3 is 0 Å². The van der Waals surface area contributed by atoms with E-state index < -0.39 is 4.87 Å². The van der Waals surface area contributed by atoms with Gasteiger partial charge in [-0.2, -0.15) is 5.10 Å². The zero-order valence-electron chi connectivity index (χ0n) is 16.7. The molecule has 1 aliphatic rings. The normalized spacial score (nSPS) is 18.2. The maximum Gasteiger partial charge on any atom is 0.248 e. The van der Waals surface area contributed by atoms with Crippen LogP contribution in [0.3, 0.4) is 0 Å². The third-order valence-electron chi connectivity index (χ3n) is 4.99. The molecular formula is C25H22N2O2S. The summed E-state index contributed by atoms with van der Waals surface area (Å²) in [5.41, 5.74) is 2.51. The van der Waals surface area contributed by atoms with Crippen molar-refractivity contribution in [1.82, 2.24) is 5.01 Å². The molecule has 0 bridgehead atoms. The summed E-state index contributed by atoms with van der Waals surface area (Å²) < 4.78 is 0. The predicted molar refractivity (Wildman–Crippen MR) is 121 cm³/mol. The van der Waals surface area contributed by atoms with Crippen molar-refractivity contribution in [3.8, 4) is 0 Å². The molecule has 3 aromatic rings. The number of hydrazone groups is 1. The first-order chi connectivity index (χ1) is 14.5. The Morgan fingerprint density at radius 2 is 1.43 bits per heavy atom. The summed E-state index contributed by atoms with van der Waals surface area (Å²) in [5, 5.41) is 6.92. The minimum atomic E-state index is -0.788. The van der Waals surface area contributed by atoms with Crippen molar-refractivity contribution < 1.29 is 9.59 Å². The molecule has 150 valence electrons. The molecular weight excluding hydrogens is 392 g/mol. The number of nitrogens with zero attached hydrogens (tertiary/aromatic N) is 2. The van der Waals surface area contributed by atoms with Crippen molar-refractivity contribution in [3.63, 3.8) is 0 Å². The highest BCUT2D eigenvalue weighted by molar-refractivity contribution is 8.15. The van der Waals surface area contributed by atoms with Crippen LogP contribution in [-0.2, 0) is 11.2 Å². The SMILES string of the molecule is CC1(CC(=O)c2ccccc2)SC(c2ccccc2)=NN1C(=O)Cc1ccccc1. The van der Waals surface area contributed by atoms with Gasteiger partial charge in [0.1, 0.15) is 9.91 Å². The van der Waals surface area contributed by atoms with Gasteiger partial charge in [-0.3, -0.25) is 9.59 Å². The van der Waals surface area contributed by atoms with Gasteiger partial charge in [0.2, 0.25) is 5.91 Å². The molecule has 5 heteroatoms. The fraction of sp³-hybridized carbons (Fsp3) is 0.160. The number of hydrogen-bond acceptors (Lipinski definition) is 4. The highest BCUT2D eigenvalue weighted by Crippen LogP contribution is 2.42. The Hall–Kier alpha value is -3.18. The standard InChI is InChI=1S/C25H22N2O2S/c1-25(18-22(28)20-13-7-3-8-14-20)27(23(29)17-19-11-5-2-6-12-19)26-24(30-25)21-15-9-4-10-16-21/h2-16H,17-18H2,1H3. The van der Waals surface area contributed by atoms with Crippen LogP contribution in [0, 0.1) is 0 Å². The highest BCUT2D eigenvalue weighted by atomic mass is 32.2. The lowest BCUT2D eigenvalue weighted by Gasteiger charge is -2.31. The van der Waals surface area contributed by atoms with Crippen LogP contribution in [0.5, 0.6) is 0 Å². The van der Waals surface area contributed by atoms with Crippen LogP contribution in [-0.4, -0.2) is 26.6 Å². The maximum atomic E-state index is 13.2. The molecule has 0 saturated heterocycles. The van der Waals surface area contributed by atoms with E-state index in [1.54, 1.807) is 12.1 Å². The number of thioether (sulfide) groups is 1. The smallest absolute Gasteiger partial charge is 0.248 e. The van der Waals surface area contributed by atoms with Gasteiger partial charge in [0, 0.05) is 17.5 Å². The minimum Gasteiger partial charge on any atom is -0.294 e. The van der Waals surface area contributed by atoms with Crippen molar-refractivity contribution in [1.29, 1.82) is 0 Å². The fourth-order valence-corrected chi connectivity index (χ4v) is 4.69. The molecule has 0 aliphatic carbocycles. The molecule has 3 aromatic carbocycles. The summed E-state index contributed by atoms with van der Waals surface area (Å²) in [7, 11) is 0. The molecule has 1 unspecified atom stereocenters. The van der Waals surface area contributed by atoms with E-state index >= 15 is 0 Å². The van der Waals surface area contributed by atoms with Crippen molar-refractivity contribution in [2.45, 2.75) is 24.6 Å². The van der Waals surface area contributed by atoms with Gasteiger partial charge in [0.25, 0.3) is 0 Å². The Balaban J connectivity index is 1.63. The molecule has 0 spiro atoms. The first kappa shape index (κ1) is 20.1. The molecule has 0 N–H and O–H groups in total. The van der Waals surface area contributed by atoms with E-state index in [1.165, 1.54) is 16.8 Å². The lowest BCUT2D eigenvalue weighted by atomic mass is 10.0. The number of rotatable bonds is 6. The van der Waals surface area contributed by atoms with Crippen LogP contribution in [0.1, 0.15) is 34.8 Å². The summed E-state index contributed by atoms with van der Waals surface area (Å²) in [6.07, 6.45) is 0.421. The van der Waals surface area contributed by atoms with E-state index in [0.29, 0.717) is 5.56 Å². The van der Waals surface area contributed by atoms with Crippen LogP contribution < -0.4 is 0 Å². The van der Waals surface area contributed by atoms with Crippen molar-refractivity contribution in [2.75, 3.05) is 0 Å². The number of amides is 1. The third kappa shape index (κ3) is 4.36. The van der Waals surface area contributed by atoms with Crippen molar-refractivity contribution >= 4 is 28.5 Å². The second kappa shape index (κ2) is 8.67. The zero-order valence-corrected chi connectivity index (χ0v) is 17.5. The summed E-state index contributed by atoms with van der Waals surface area (Å²) in [6.45, 7) is 1.92. The van der Waals surface area contributed by atoms with Crippen LogP contribution in [0.25, 0.3) is 0 Å². The van der Waals surface area contributed by atoms with E-state index in [2.05, 4.69) is 5.10 Å². The Bertz CT molecular complexity index is 1070. The van der Waals surface area contributed by atoms with Gasteiger partial charge in [-0.1, -0.05) is 103 Å². The summed E-state index contributed by atoms with van der Waals surface area (Å²) in [4.78, 5) is 25.4. The average Bonchev–Trinajstić information content (AvgIpc) is 3.13. The van der Waals surface area contributed by atoms with E-state index in [1.807, 2.05) is 85.8 Å². The molecule has 0 aromatic heterocycles. The number of carbonyl (C=O) groups is 2. The number of hydrogen-bond donors (Lipinski definition) is 0. The molecule has 0 saturated carbocycles. The van der Waals surface area contributed by atoms with E-state index in [-0.39, 0.29) is 24.5 Å².